The number of fused-ring (bicyclic) bond motifs is 1. The molecule has 3 aromatic rings. The van der Waals surface area contributed by atoms with Crippen molar-refractivity contribution >= 4 is 11.9 Å². The number of benzene rings is 2. The maximum atomic E-state index is 12.2. The van der Waals surface area contributed by atoms with Gasteiger partial charge in [-0.2, -0.15) is 5.10 Å². The molecule has 0 bridgehead atoms. The van der Waals surface area contributed by atoms with Gasteiger partial charge in [0.25, 0.3) is 5.91 Å². The lowest BCUT2D eigenvalue weighted by molar-refractivity contribution is -0.124. The molecule has 8 heteroatoms. The van der Waals surface area contributed by atoms with Crippen LogP contribution in [0.3, 0.4) is 0 Å². The second-order valence-corrected chi connectivity index (χ2v) is 7.54. The molecule has 1 aliphatic rings. The van der Waals surface area contributed by atoms with Crippen LogP contribution in [0, 0.1) is 13.8 Å². The van der Waals surface area contributed by atoms with E-state index in [1.54, 1.807) is 28.9 Å². The first kappa shape index (κ1) is 21.4. The number of hydrogen-bond acceptors (Lipinski definition) is 6. The predicted molar refractivity (Wildman–Crippen MR) is 117 cm³/mol. The van der Waals surface area contributed by atoms with Crippen LogP contribution in [-0.2, 0) is 16.0 Å². The molecule has 1 aliphatic heterocycles. The number of carbonyl (C=O) groups is 2. The molecule has 4 rings (SSSR count). The monoisotopic (exact) mass is 435 g/mol. The Kier molecular flexibility index (Phi) is 6.39. The van der Waals surface area contributed by atoms with E-state index in [9.17, 15) is 9.59 Å². The van der Waals surface area contributed by atoms with Crippen molar-refractivity contribution in [3.05, 3.63) is 71.0 Å². The highest BCUT2D eigenvalue weighted by atomic mass is 16.6. The lowest BCUT2D eigenvalue weighted by Crippen LogP contribution is -2.30. The largest absolute Gasteiger partial charge is 0.486 e. The second-order valence-electron chi connectivity index (χ2n) is 7.54. The normalized spacial score (nSPS) is 12.3. The van der Waals surface area contributed by atoms with E-state index in [1.165, 1.54) is 0 Å². The summed E-state index contributed by atoms with van der Waals surface area (Å²) in [5.41, 5.74) is 4.18. The smallest absolute Gasteiger partial charge is 0.338 e. The van der Waals surface area contributed by atoms with Gasteiger partial charge in [-0.3, -0.25) is 4.79 Å². The lowest BCUT2D eigenvalue weighted by Gasteiger charge is -2.18. The van der Waals surface area contributed by atoms with Gasteiger partial charge in [-0.1, -0.05) is 6.07 Å². The minimum atomic E-state index is -0.549. The highest BCUT2D eigenvalue weighted by Gasteiger charge is 2.13. The van der Waals surface area contributed by atoms with Gasteiger partial charge in [0.05, 0.1) is 16.9 Å². The number of aromatic nitrogens is 2. The van der Waals surface area contributed by atoms with E-state index in [2.05, 4.69) is 10.4 Å². The Bertz CT molecular complexity index is 1120. The van der Waals surface area contributed by atoms with E-state index < -0.39 is 5.97 Å². The van der Waals surface area contributed by atoms with Gasteiger partial charge in [0.2, 0.25) is 0 Å². The Morgan fingerprint density at radius 3 is 2.50 bits per heavy atom. The molecule has 0 atom stereocenters. The average Bonchev–Trinajstić information content (AvgIpc) is 3.15. The standard InChI is InChI=1S/C24H25N3O5/c1-16-13-17(2)27(26-16)20-6-4-19(5-7-20)24(29)32-15-23(28)25-10-9-18-3-8-21-22(14-18)31-12-11-30-21/h3-8,13-14H,9-12,15H2,1-2H3,(H,25,28). The topological polar surface area (TPSA) is 91.7 Å². The maximum absolute atomic E-state index is 12.2. The van der Waals surface area contributed by atoms with E-state index in [1.807, 2.05) is 38.1 Å². The van der Waals surface area contributed by atoms with Gasteiger partial charge in [-0.25, -0.2) is 9.48 Å². The molecule has 0 saturated heterocycles. The maximum Gasteiger partial charge on any atom is 0.338 e. The summed E-state index contributed by atoms with van der Waals surface area (Å²) in [4.78, 5) is 24.3. The molecule has 1 amide bonds. The molecule has 0 aliphatic carbocycles. The average molecular weight is 435 g/mol. The quantitative estimate of drug-likeness (QED) is 0.574. The molecule has 0 fully saturated rings. The summed E-state index contributed by atoms with van der Waals surface area (Å²) in [7, 11) is 0. The predicted octanol–water partition coefficient (Wildman–Crippen LogP) is 2.78. The van der Waals surface area contributed by atoms with Crippen molar-refractivity contribution < 1.29 is 23.8 Å². The zero-order valence-electron chi connectivity index (χ0n) is 18.1. The van der Waals surface area contributed by atoms with Crippen molar-refractivity contribution in [3.8, 4) is 17.2 Å². The summed E-state index contributed by atoms with van der Waals surface area (Å²) in [5.74, 6) is 0.554. The van der Waals surface area contributed by atoms with Crippen LogP contribution >= 0.6 is 0 Å². The highest BCUT2D eigenvalue weighted by molar-refractivity contribution is 5.91. The first-order chi connectivity index (χ1) is 15.5. The van der Waals surface area contributed by atoms with E-state index >= 15 is 0 Å². The van der Waals surface area contributed by atoms with Crippen molar-refractivity contribution in [1.29, 1.82) is 0 Å². The third kappa shape index (κ3) is 5.08. The van der Waals surface area contributed by atoms with Gasteiger partial charge >= 0.3 is 5.97 Å². The molecule has 2 aromatic carbocycles. The number of carbonyl (C=O) groups excluding carboxylic acids is 2. The van der Waals surface area contributed by atoms with Gasteiger partial charge < -0.3 is 19.5 Å². The molecule has 32 heavy (non-hydrogen) atoms. The van der Waals surface area contributed by atoms with Crippen LogP contribution < -0.4 is 14.8 Å². The first-order valence-corrected chi connectivity index (χ1v) is 10.5. The Balaban J connectivity index is 1.22. The van der Waals surface area contributed by atoms with Gasteiger partial charge in [-0.05, 0) is 68.3 Å². The molecule has 0 spiro atoms. The number of rotatable bonds is 7. The number of nitrogens with zero attached hydrogens (tertiary/aromatic N) is 2. The summed E-state index contributed by atoms with van der Waals surface area (Å²) >= 11 is 0. The van der Waals surface area contributed by atoms with Crippen molar-refractivity contribution in [2.24, 2.45) is 0 Å². The fraction of sp³-hybridized carbons (Fsp3) is 0.292. The molecule has 2 heterocycles. The van der Waals surface area contributed by atoms with Crippen molar-refractivity contribution in [3.63, 3.8) is 0 Å². The van der Waals surface area contributed by atoms with Crippen LogP contribution in [0.5, 0.6) is 11.5 Å². The van der Waals surface area contributed by atoms with Crippen LogP contribution in [-0.4, -0.2) is 48.0 Å². The Labute approximate surface area is 186 Å². The van der Waals surface area contributed by atoms with Crippen molar-refractivity contribution in [1.82, 2.24) is 15.1 Å². The molecule has 166 valence electrons. The number of amides is 1. The number of esters is 1. The summed E-state index contributed by atoms with van der Waals surface area (Å²) in [6.45, 7) is 5.07. The fourth-order valence-corrected chi connectivity index (χ4v) is 3.48. The molecule has 1 N–H and O–H groups in total. The molecule has 1 aromatic heterocycles. The lowest BCUT2D eigenvalue weighted by atomic mass is 10.1. The third-order valence-corrected chi connectivity index (χ3v) is 5.03. The van der Waals surface area contributed by atoms with Crippen LogP contribution in [0.15, 0.2) is 48.5 Å². The zero-order valence-corrected chi connectivity index (χ0v) is 18.1. The number of aryl methyl sites for hydroxylation is 2. The molecular weight excluding hydrogens is 410 g/mol. The number of hydrogen-bond donors (Lipinski definition) is 1. The minimum absolute atomic E-state index is 0.334. The van der Waals surface area contributed by atoms with Crippen molar-refractivity contribution in [2.45, 2.75) is 20.3 Å². The van der Waals surface area contributed by atoms with E-state index in [0.29, 0.717) is 31.7 Å². The Morgan fingerprint density at radius 1 is 1.03 bits per heavy atom. The summed E-state index contributed by atoms with van der Waals surface area (Å²) in [6.07, 6.45) is 0.629. The molecule has 8 nitrogen and oxygen atoms in total. The van der Waals surface area contributed by atoms with Crippen LogP contribution in [0.25, 0.3) is 5.69 Å². The van der Waals surface area contributed by atoms with Crippen LogP contribution in [0.4, 0.5) is 0 Å². The Hall–Kier alpha value is -3.81. The SMILES string of the molecule is Cc1cc(C)n(-c2ccc(C(=O)OCC(=O)NCCc3ccc4c(c3)OCCO4)cc2)n1. The fourth-order valence-electron chi connectivity index (χ4n) is 3.48. The summed E-state index contributed by atoms with van der Waals surface area (Å²) < 4.78 is 18.0. The highest BCUT2D eigenvalue weighted by Crippen LogP contribution is 2.30. The first-order valence-electron chi connectivity index (χ1n) is 10.5. The third-order valence-electron chi connectivity index (χ3n) is 5.03. The molecule has 0 saturated carbocycles. The van der Waals surface area contributed by atoms with Gasteiger partial charge in [0.1, 0.15) is 13.2 Å². The van der Waals surface area contributed by atoms with E-state index in [0.717, 1.165) is 34.1 Å². The molecular formula is C24H25N3O5. The van der Waals surface area contributed by atoms with Crippen molar-refractivity contribution in [2.75, 3.05) is 26.4 Å². The molecule has 0 radical (unpaired) electrons. The van der Waals surface area contributed by atoms with Gasteiger partial charge in [0, 0.05) is 12.2 Å². The minimum Gasteiger partial charge on any atom is -0.486 e. The van der Waals surface area contributed by atoms with Gasteiger partial charge in [-0.15, -0.1) is 0 Å². The van der Waals surface area contributed by atoms with E-state index in [4.69, 9.17) is 14.2 Å². The van der Waals surface area contributed by atoms with Gasteiger partial charge in [0.15, 0.2) is 18.1 Å². The van der Waals surface area contributed by atoms with E-state index in [-0.39, 0.29) is 12.5 Å². The second kappa shape index (κ2) is 9.55. The summed E-state index contributed by atoms with van der Waals surface area (Å²) in [5, 5.41) is 7.18. The van der Waals surface area contributed by atoms with Crippen LogP contribution in [0.2, 0.25) is 0 Å². The van der Waals surface area contributed by atoms with Crippen LogP contribution in [0.1, 0.15) is 27.3 Å². The summed E-state index contributed by atoms with van der Waals surface area (Å²) in [6, 6.07) is 14.6. The zero-order chi connectivity index (χ0) is 22.5. The Morgan fingerprint density at radius 2 is 1.78 bits per heavy atom. The molecule has 0 unspecified atom stereocenters. The number of ether oxygens (including phenoxy) is 3. The number of nitrogens with one attached hydrogen (secondary N) is 1.